The second kappa shape index (κ2) is 9.41. The standard InChI is InChI=1S/C33H26N6O/c1-33(2,3)23-11-12-36-31(17-23)39-28-10-9-21(20-34)15-25(28)26-18-27(35-4)30(19-29(26)39)40-24-8-6-7-22(16-24)32-37-13-14-38(32)5/h6-19H,1-3,5H3. The van der Waals surface area contributed by atoms with Crippen molar-refractivity contribution in [3.8, 4) is 34.8 Å². The van der Waals surface area contributed by atoms with E-state index in [0.29, 0.717) is 22.7 Å². The van der Waals surface area contributed by atoms with Crippen LogP contribution in [0.3, 0.4) is 0 Å². The van der Waals surface area contributed by atoms with Crippen molar-refractivity contribution in [3.05, 3.63) is 108 Å². The highest BCUT2D eigenvalue weighted by Crippen LogP contribution is 2.42. The molecule has 0 N–H and O–H groups in total. The zero-order chi connectivity index (χ0) is 28.0. The van der Waals surface area contributed by atoms with Crippen molar-refractivity contribution in [2.45, 2.75) is 26.2 Å². The maximum atomic E-state index is 9.59. The maximum absolute atomic E-state index is 9.59. The molecule has 0 saturated carbocycles. The van der Waals surface area contributed by atoms with Crippen LogP contribution in [0.25, 0.3) is 43.9 Å². The second-order valence-electron chi connectivity index (χ2n) is 10.8. The molecule has 3 aromatic carbocycles. The van der Waals surface area contributed by atoms with E-state index < -0.39 is 0 Å². The first-order valence-electron chi connectivity index (χ1n) is 12.9. The molecule has 6 aromatic rings. The Morgan fingerprint density at radius 3 is 2.48 bits per heavy atom. The van der Waals surface area contributed by atoms with Gasteiger partial charge in [-0.25, -0.2) is 14.8 Å². The van der Waals surface area contributed by atoms with Crippen molar-refractivity contribution in [3.63, 3.8) is 0 Å². The first-order valence-corrected chi connectivity index (χ1v) is 12.9. The number of pyridine rings is 1. The van der Waals surface area contributed by atoms with E-state index in [4.69, 9.17) is 16.3 Å². The number of fused-ring (bicyclic) bond motifs is 3. The van der Waals surface area contributed by atoms with Crippen molar-refractivity contribution < 1.29 is 4.74 Å². The summed E-state index contributed by atoms with van der Waals surface area (Å²) >= 11 is 0. The number of nitriles is 1. The molecular formula is C33H26N6O. The molecule has 0 fully saturated rings. The lowest BCUT2D eigenvalue weighted by molar-refractivity contribution is 0.486. The van der Waals surface area contributed by atoms with E-state index in [0.717, 1.165) is 44.6 Å². The van der Waals surface area contributed by atoms with Crippen LogP contribution in [-0.4, -0.2) is 19.1 Å². The molecule has 0 unspecified atom stereocenters. The molecule has 0 radical (unpaired) electrons. The molecule has 3 heterocycles. The van der Waals surface area contributed by atoms with Gasteiger partial charge in [0.2, 0.25) is 5.69 Å². The fourth-order valence-electron chi connectivity index (χ4n) is 5.00. The van der Waals surface area contributed by atoms with Gasteiger partial charge in [-0.3, -0.25) is 4.57 Å². The monoisotopic (exact) mass is 522 g/mol. The number of imidazole rings is 1. The Morgan fingerprint density at radius 2 is 1.75 bits per heavy atom. The molecule has 0 amide bonds. The van der Waals surface area contributed by atoms with E-state index >= 15 is 0 Å². The summed E-state index contributed by atoms with van der Waals surface area (Å²) in [5.41, 5.74) is 4.68. The summed E-state index contributed by atoms with van der Waals surface area (Å²) in [6, 6.07) is 23.4. The number of rotatable bonds is 4. The maximum Gasteiger partial charge on any atom is 0.229 e. The van der Waals surface area contributed by atoms with Crippen LogP contribution in [0.4, 0.5) is 5.69 Å². The first-order chi connectivity index (χ1) is 19.3. The van der Waals surface area contributed by atoms with Crippen molar-refractivity contribution >= 4 is 27.5 Å². The summed E-state index contributed by atoms with van der Waals surface area (Å²) in [6.07, 6.45) is 5.48. The number of benzene rings is 3. The lowest BCUT2D eigenvalue weighted by Crippen LogP contribution is -2.12. The SMILES string of the molecule is [C-]#[N+]c1cc2c3cc(C#N)ccc3n(-c3cc(C(C)(C)C)ccn3)c2cc1Oc1cccc(-c2nccn2C)c1. The van der Waals surface area contributed by atoms with Crippen LogP contribution in [0, 0.1) is 17.9 Å². The fraction of sp³-hybridized carbons (Fsp3) is 0.152. The Labute approximate surface area is 232 Å². The molecule has 3 aromatic heterocycles. The Balaban J connectivity index is 1.57. The van der Waals surface area contributed by atoms with Gasteiger partial charge in [0.05, 0.1) is 29.2 Å². The van der Waals surface area contributed by atoms with Gasteiger partial charge in [0.25, 0.3) is 0 Å². The molecule has 7 nitrogen and oxygen atoms in total. The van der Waals surface area contributed by atoms with E-state index in [-0.39, 0.29) is 5.41 Å². The van der Waals surface area contributed by atoms with Gasteiger partial charge < -0.3 is 9.30 Å². The van der Waals surface area contributed by atoms with Crippen LogP contribution in [-0.2, 0) is 12.5 Å². The van der Waals surface area contributed by atoms with Gasteiger partial charge in [-0.2, -0.15) is 5.26 Å². The van der Waals surface area contributed by atoms with E-state index in [9.17, 15) is 5.26 Å². The molecule has 0 atom stereocenters. The number of aromatic nitrogens is 4. The Bertz CT molecular complexity index is 2010. The number of ether oxygens (including phenoxy) is 1. The quantitative estimate of drug-likeness (QED) is 0.219. The zero-order valence-electron chi connectivity index (χ0n) is 22.7. The third-order valence-electron chi connectivity index (χ3n) is 7.08. The van der Waals surface area contributed by atoms with Gasteiger partial charge in [-0.1, -0.05) is 32.9 Å². The second-order valence-corrected chi connectivity index (χ2v) is 10.8. The van der Waals surface area contributed by atoms with Crippen molar-refractivity contribution in [2.24, 2.45) is 7.05 Å². The summed E-state index contributed by atoms with van der Waals surface area (Å²) in [4.78, 5) is 13.0. The number of aryl methyl sites for hydroxylation is 1. The van der Waals surface area contributed by atoms with Gasteiger partial charge in [0.1, 0.15) is 23.1 Å². The minimum atomic E-state index is -0.0613. The van der Waals surface area contributed by atoms with Crippen molar-refractivity contribution in [1.82, 2.24) is 19.1 Å². The van der Waals surface area contributed by atoms with Crippen molar-refractivity contribution in [2.75, 3.05) is 0 Å². The molecule has 0 spiro atoms. The van der Waals surface area contributed by atoms with Gasteiger partial charge in [0.15, 0.2) is 0 Å². The van der Waals surface area contributed by atoms with Crippen LogP contribution in [0.5, 0.6) is 11.5 Å². The number of hydrogen-bond donors (Lipinski definition) is 0. The highest BCUT2D eigenvalue weighted by atomic mass is 16.5. The summed E-state index contributed by atoms with van der Waals surface area (Å²) in [5.74, 6) is 2.63. The van der Waals surface area contributed by atoms with Crippen LogP contribution >= 0.6 is 0 Å². The van der Waals surface area contributed by atoms with E-state index in [1.54, 1.807) is 6.20 Å². The van der Waals surface area contributed by atoms with Gasteiger partial charge in [-0.05, 0) is 71.0 Å². The molecule has 0 saturated heterocycles. The predicted octanol–water partition coefficient (Wildman–Crippen LogP) is 8.09. The molecule has 0 aliphatic heterocycles. The molecule has 0 bridgehead atoms. The third-order valence-corrected chi connectivity index (χ3v) is 7.08. The normalized spacial score (nSPS) is 11.4. The summed E-state index contributed by atoms with van der Waals surface area (Å²) in [5, 5.41) is 11.3. The summed E-state index contributed by atoms with van der Waals surface area (Å²) in [6.45, 7) is 14.4. The number of hydrogen-bond acceptors (Lipinski definition) is 4. The van der Waals surface area contributed by atoms with Gasteiger partial charge in [-0.15, -0.1) is 0 Å². The van der Waals surface area contributed by atoms with Crippen LogP contribution in [0.15, 0.2) is 85.3 Å². The third kappa shape index (κ3) is 4.24. The minimum absolute atomic E-state index is 0.0613. The zero-order valence-corrected chi connectivity index (χ0v) is 22.7. The highest BCUT2D eigenvalue weighted by Gasteiger charge is 2.20. The predicted molar refractivity (Wildman–Crippen MR) is 157 cm³/mol. The Kier molecular flexibility index (Phi) is 5.86. The lowest BCUT2D eigenvalue weighted by atomic mass is 9.88. The van der Waals surface area contributed by atoms with Crippen molar-refractivity contribution in [1.29, 1.82) is 5.26 Å². The fourth-order valence-corrected chi connectivity index (χ4v) is 5.00. The first kappa shape index (κ1) is 24.9. The minimum Gasteiger partial charge on any atom is -0.468 e. The summed E-state index contributed by atoms with van der Waals surface area (Å²) in [7, 11) is 1.94. The number of nitrogens with zero attached hydrogens (tertiary/aromatic N) is 6. The highest BCUT2D eigenvalue weighted by molar-refractivity contribution is 6.11. The molecular weight excluding hydrogens is 496 g/mol. The molecule has 6 rings (SSSR count). The topological polar surface area (TPSA) is 73.0 Å². The van der Waals surface area contributed by atoms with Gasteiger partial charge >= 0.3 is 0 Å². The molecule has 40 heavy (non-hydrogen) atoms. The van der Waals surface area contributed by atoms with E-state index in [1.807, 2.05) is 84.7 Å². The molecule has 7 heteroatoms. The average molecular weight is 523 g/mol. The average Bonchev–Trinajstić information content (AvgIpc) is 3.52. The molecule has 0 aliphatic rings. The van der Waals surface area contributed by atoms with Crippen LogP contribution in [0.2, 0.25) is 0 Å². The molecule has 194 valence electrons. The largest absolute Gasteiger partial charge is 0.468 e. The molecule has 0 aliphatic carbocycles. The van der Waals surface area contributed by atoms with Crippen LogP contribution < -0.4 is 4.74 Å². The smallest absolute Gasteiger partial charge is 0.229 e. The van der Waals surface area contributed by atoms with E-state index in [2.05, 4.69) is 47.3 Å². The summed E-state index contributed by atoms with van der Waals surface area (Å²) < 4.78 is 10.4. The Morgan fingerprint density at radius 1 is 0.925 bits per heavy atom. The Hall–Kier alpha value is -5.40. The lowest BCUT2D eigenvalue weighted by Gasteiger charge is -2.20. The van der Waals surface area contributed by atoms with Gasteiger partial charge in [0, 0.05) is 36.6 Å². The van der Waals surface area contributed by atoms with Crippen LogP contribution in [0.1, 0.15) is 31.9 Å². The van der Waals surface area contributed by atoms with E-state index in [1.165, 1.54) is 0 Å².